The van der Waals surface area contributed by atoms with Crippen LogP contribution in [-0.4, -0.2) is 41.7 Å². The summed E-state index contributed by atoms with van der Waals surface area (Å²) in [4.78, 5) is 11.9. The van der Waals surface area contributed by atoms with E-state index in [4.69, 9.17) is 10.7 Å². The predicted octanol–water partition coefficient (Wildman–Crippen LogP) is 1.97. The van der Waals surface area contributed by atoms with Gasteiger partial charge in [-0.3, -0.25) is 10.4 Å². The molecule has 0 aromatic carbocycles. The van der Waals surface area contributed by atoms with Gasteiger partial charge in [0.2, 0.25) is 0 Å². The van der Waals surface area contributed by atoms with Gasteiger partial charge in [-0.15, -0.1) is 0 Å². The molecule has 3 saturated heterocycles. The number of aryl methyl sites for hydroxylation is 1. The fourth-order valence-corrected chi connectivity index (χ4v) is 5.26. The van der Waals surface area contributed by atoms with E-state index in [1.807, 2.05) is 18.5 Å². The highest BCUT2D eigenvalue weighted by molar-refractivity contribution is 5.48. The molecule has 5 heterocycles. The molecule has 2 aromatic heterocycles. The molecule has 2 aromatic rings. The molecule has 0 aliphatic carbocycles. The molecule has 160 valence electrons. The largest absolute Gasteiger partial charge is 0.356 e. The Morgan fingerprint density at radius 1 is 1.13 bits per heavy atom. The lowest BCUT2D eigenvalue weighted by atomic mass is 9.81. The summed E-state index contributed by atoms with van der Waals surface area (Å²) in [7, 11) is 0. The van der Waals surface area contributed by atoms with Crippen LogP contribution in [0, 0.1) is 12.8 Å². The van der Waals surface area contributed by atoms with Crippen LogP contribution in [0.4, 0.5) is 5.82 Å². The zero-order chi connectivity index (χ0) is 20.5. The second kappa shape index (κ2) is 8.59. The molecule has 0 saturated carbocycles. The summed E-state index contributed by atoms with van der Waals surface area (Å²) in [5, 5.41) is 3.68. The summed E-state index contributed by atoms with van der Waals surface area (Å²) >= 11 is 0. The van der Waals surface area contributed by atoms with Gasteiger partial charge in [-0.05, 0) is 55.9 Å². The second-order valence-corrected chi connectivity index (χ2v) is 9.07. The number of nitrogens with one attached hydrogen (secondary N) is 3. The molecule has 3 fully saturated rings. The van der Waals surface area contributed by atoms with Gasteiger partial charge < -0.3 is 16.0 Å². The maximum Gasteiger partial charge on any atom is 0.131 e. The summed E-state index contributed by atoms with van der Waals surface area (Å²) in [6, 6.07) is 9.90. The van der Waals surface area contributed by atoms with Crippen molar-refractivity contribution >= 4 is 5.82 Å². The first-order valence-electron chi connectivity index (χ1n) is 11.3. The number of rotatable bonds is 3. The van der Waals surface area contributed by atoms with E-state index in [9.17, 15) is 0 Å². The molecule has 0 spiro atoms. The summed E-state index contributed by atoms with van der Waals surface area (Å²) < 4.78 is 0. The van der Waals surface area contributed by atoms with Gasteiger partial charge >= 0.3 is 0 Å². The van der Waals surface area contributed by atoms with Crippen LogP contribution < -0.4 is 26.8 Å². The molecular formula is C23H33N7. The van der Waals surface area contributed by atoms with Crippen molar-refractivity contribution in [1.29, 1.82) is 0 Å². The number of fused-ring (bicyclic) bond motifs is 1. The fourth-order valence-electron chi connectivity index (χ4n) is 5.26. The van der Waals surface area contributed by atoms with E-state index in [1.165, 1.54) is 11.1 Å². The lowest BCUT2D eigenvalue weighted by Gasteiger charge is -2.34. The zero-order valence-corrected chi connectivity index (χ0v) is 17.7. The Labute approximate surface area is 178 Å². The monoisotopic (exact) mass is 407 g/mol. The van der Waals surface area contributed by atoms with Crippen molar-refractivity contribution in [2.45, 2.75) is 56.8 Å². The quantitative estimate of drug-likeness (QED) is 0.618. The topological polar surface area (TPSA) is 91.1 Å². The summed E-state index contributed by atoms with van der Waals surface area (Å²) in [6.45, 7) is 5.15. The summed E-state index contributed by atoms with van der Waals surface area (Å²) in [5.74, 6) is 1.61. The number of nitrogens with zero attached hydrogens (tertiary/aromatic N) is 3. The van der Waals surface area contributed by atoms with E-state index in [2.05, 4.69) is 51.2 Å². The van der Waals surface area contributed by atoms with E-state index in [0.717, 1.165) is 56.8 Å². The maximum absolute atomic E-state index is 6.20. The average molecular weight is 408 g/mol. The van der Waals surface area contributed by atoms with E-state index < -0.39 is 0 Å². The van der Waals surface area contributed by atoms with Crippen molar-refractivity contribution in [3.8, 4) is 0 Å². The Balaban J connectivity index is 1.37. The van der Waals surface area contributed by atoms with Gasteiger partial charge in [-0.25, -0.2) is 10.4 Å². The van der Waals surface area contributed by atoms with Crippen LogP contribution in [0.1, 0.15) is 54.6 Å². The molecule has 7 nitrogen and oxygen atoms in total. The molecule has 4 unspecified atom stereocenters. The third kappa shape index (κ3) is 3.95. The van der Waals surface area contributed by atoms with E-state index in [-0.39, 0.29) is 6.04 Å². The molecule has 5 N–H and O–H groups in total. The number of hydrogen-bond donors (Lipinski definition) is 4. The van der Waals surface area contributed by atoms with Crippen LogP contribution in [0.2, 0.25) is 0 Å². The third-order valence-corrected chi connectivity index (χ3v) is 7.03. The third-order valence-electron chi connectivity index (χ3n) is 7.03. The number of aromatic nitrogens is 2. The molecule has 7 heteroatoms. The van der Waals surface area contributed by atoms with E-state index in [1.54, 1.807) is 0 Å². The number of pyridine rings is 2. The standard InChI is InChI=1S/C23H33N7/c1-15-6-7-19(27-23(15)30-10-3-5-17(24)8-11-30)22-18-12-20(16-4-2-9-25-13-16)26-14-21(18)28-29-22/h2,4,6-7,9,13,17-18,20-22,26,28-29H,3,5,8,10-12,14,24H2,1H3/t17-,18?,20?,21?,22?/m0/s1. The van der Waals surface area contributed by atoms with Crippen molar-refractivity contribution in [1.82, 2.24) is 26.1 Å². The first kappa shape index (κ1) is 19.9. The Morgan fingerprint density at radius 2 is 2.07 bits per heavy atom. The number of piperidine rings is 1. The molecule has 5 rings (SSSR count). The minimum atomic E-state index is 0.213. The van der Waals surface area contributed by atoms with Crippen LogP contribution in [-0.2, 0) is 0 Å². The molecule has 0 radical (unpaired) electrons. The Kier molecular flexibility index (Phi) is 5.69. The highest BCUT2D eigenvalue weighted by Gasteiger charge is 2.42. The minimum absolute atomic E-state index is 0.213. The smallest absolute Gasteiger partial charge is 0.131 e. The van der Waals surface area contributed by atoms with Crippen molar-refractivity contribution in [3.63, 3.8) is 0 Å². The number of anilines is 1. The Morgan fingerprint density at radius 3 is 2.93 bits per heavy atom. The minimum Gasteiger partial charge on any atom is -0.356 e. The lowest BCUT2D eigenvalue weighted by Crippen LogP contribution is -2.46. The van der Waals surface area contributed by atoms with Gasteiger partial charge in [0.05, 0.1) is 11.7 Å². The van der Waals surface area contributed by atoms with Crippen molar-refractivity contribution < 1.29 is 0 Å². The van der Waals surface area contributed by atoms with Gasteiger partial charge in [-0.2, -0.15) is 0 Å². The highest BCUT2D eigenvalue weighted by Crippen LogP contribution is 2.38. The lowest BCUT2D eigenvalue weighted by molar-refractivity contribution is 0.265. The molecular weight excluding hydrogens is 374 g/mol. The number of hydrazine groups is 1. The maximum atomic E-state index is 6.20. The highest BCUT2D eigenvalue weighted by atomic mass is 15.4. The Bertz CT molecular complexity index is 858. The van der Waals surface area contributed by atoms with Gasteiger partial charge in [-0.1, -0.05) is 12.1 Å². The van der Waals surface area contributed by atoms with E-state index >= 15 is 0 Å². The number of nitrogens with two attached hydrogens (primary N) is 1. The molecule has 3 aliphatic rings. The van der Waals surface area contributed by atoms with Gasteiger partial charge in [0, 0.05) is 56.1 Å². The van der Waals surface area contributed by atoms with Crippen molar-refractivity contribution in [2.75, 3.05) is 24.5 Å². The predicted molar refractivity (Wildman–Crippen MR) is 119 cm³/mol. The number of hydrogen-bond acceptors (Lipinski definition) is 7. The van der Waals surface area contributed by atoms with Crippen molar-refractivity contribution in [3.05, 3.63) is 53.5 Å². The van der Waals surface area contributed by atoms with Gasteiger partial charge in [0.1, 0.15) is 5.82 Å². The van der Waals surface area contributed by atoms with Crippen LogP contribution in [0.25, 0.3) is 0 Å². The van der Waals surface area contributed by atoms with Crippen LogP contribution >= 0.6 is 0 Å². The normalized spacial score (nSPS) is 31.9. The van der Waals surface area contributed by atoms with Gasteiger partial charge in [0.25, 0.3) is 0 Å². The molecule has 5 atom stereocenters. The SMILES string of the molecule is Cc1ccc(C2NNC3CNC(c4cccnc4)CC32)nc1N1CCC[C@H](N)CC1. The Hall–Kier alpha value is -2.06. The van der Waals surface area contributed by atoms with E-state index in [0.29, 0.717) is 24.0 Å². The summed E-state index contributed by atoms with van der Waals surface area (Å²) in [6.07, 6.45) is 8.16. The molecule has 0 bridgehead atoms. The second-order valence-electron chi connectivity index (χ2n) is 9.07. The molecule has 0 amide bonds. The first-order chi connectivity index (χ1) is 14.7. The van der Waals surface area contributed by atoms with Crippen LogP contribution in [0.15, 0.2) is 36.7 Å². The molecule has 30 heavy (non-hydrogen) atoms. The van der Waals surface area contributed by atoms with Crippen LogP contribution in [0.3, 0.4) is 0 Å². The fraction of sp³-hybridized carbons (Fsp3) is 0.565. The zero-order valence-electron chi connectivity index (χ0n) is 17.7. The summed E-state index contributed by atoms with van der Waals surface area (Å²) in [5.41, 5.74) is 16.9. The van der Waals surface area contributed by atoms with Crippen LogP contribution in [0.5, 0.6) is 0 Å². The van der Waals surface area contributed by atoms with Gasteiger partial charge in [0.15, 0.2) is 0 Å². The molecule has 3 aliphatic heterocycles. The first-order valence-corrected chi connectivity index (χ1v) is 11.3. The van der Waals surface area contributed by atoms with Crippen molar-refractivity contribution in [2.24, 2.45) is 11.7 Å². The average Bonchev–Trinajstić information content (AvgIpc) is 3.08.